The lowest BCUT2D eigenvalue weighted by molar-refractivity contribution is -0.144. The van der Waals surface area contributed by atoms with Crippen molar-refractivity contribution in [2.24, 2.45) is 0 Å². The number of cyclic esters (lactones) is 1. The van der Waals surface area contributed by atoms with Gasteiger partial charge in [-0.15, -0.1) is 0 Å². The Labute approximate surface area is 159 Å². The molecule has 0 aliphatic carbocycles. The highest BCUT2D eigenvalue weighted by atomic mass is 35.5. The number of nitrogens with one attached hydrogen (secondary N) is 1. The molecule has 134 valence electrons. The second-order valence-electron chi connectivity index (χ2n) is 6.82. The third-order valence-corrected chi connectivity index (χ3v) is 5.17. The van der Waals surface area contributed by atoms with Gasteiger partial charge in [0.2, 0.25) is 5.91 Å². The second kappa shape index (κ2) is 5.89. The highest BCUT2D eigenvalue weighted by Crippen LogP contribution is 2.44. The number of hydrogen-bond acceptors (Lipinski definition) is 4. The molecule has 1 aromatic heterocycles. The van der Waals surface area contributed by atoms with Crippen LogP contribution in [0.2, 0.25) is 10.0 Å². The van der Waals surface area contributed by atoms with Crippen molar-refractivity contribution in [3.05, 3.63) is 57.4 Å². The number of esters is 1. The minimum Gasteiger partial charge on any atom is -0.460 e. The van der Waals surface area contributed by atoms with Crippen molar-refractivity contribution in [2.75, 3.05) is 0 Å². The molecule has 0 spiro atoms. The molecule has 0 radical (unpaired) electrons. The van der Waals surface area contributed by atoms with Crippen LogP contribution in [0.25, 0.3) is 11.3 Å². The number of amides is 1. The zero-order valence-electron chi connectivity index (χ0n) is 14.1. The lowest BCUT2D eigenvalue weighted by atomic mass is 9.86. The Morgan fingerprint density at radius 1 is 1.15 bits per heavy atom. The SMILES string of the molecule is CC1(C)OC(=O)C2=C1NC(=O)C[C@@H]2c1ccc(-c2cc(Cl)ccc2Cl)o1. The first kappa shape index (κ1) is 17.2. The van der Waals surface area contributed by atoms with E-state index in [2.05, 4.69) is 5.32 Å². The van der Waals surface area contributed by atoms with E-state index in [1.807, 2.05) is 0 Å². The van der Waals surface area contributed by atoms with Crippen LogP contribution in [0.1, 0.15) is 31.9 Å². The summed E-state index contributed by atoms with van der Waals surface area (Å²) >= 11 is 12.3. The maximum absolute atomic E-state index is 12.4. The first-order chi connectivity index (χ1) is 12.3. The third-order valence-electron chi connectivity index (χ3n) is 4.61. The largest absolute Gasteiger partial charge is 0.460 e. The standard InChI is InChI=1S/C19H15Cl2NO4/c1-19(2)17-16(18(24)26-19)11(8-15(23)22-17)14-6-5-13(25-14)10-7-9(20)3-4-12(10)21/h3-7,11H,8H2,1-2H3,(H,22,23)/t11-/m1/s1. The molecule has 1 N–H and O–H groups in total. The van der Waals surface area contributed by atoms with Gasteiger partial charge in [0.1, 0.15) is 17.1 Å². The van der Waals surface area contributed by atoms with Crippen LogP contribution in [0.4, 0.5) is 0 Å². The number of benzene rings is 1. The topological polar surface area (TPSA) is 68.5 Å². The average molecular weight is 392 g/mol. The monoisotopic (exact) mass is 391 g/mol. The number of ether oxygens (including phenoxy) is 1. The maximum Gasteiger partial charge on any atom is 0.337 e. The molecule has 1 atom stereocenters. The average Bonchev–Trinajstić information content (AvgIpc) is 3.13. The van der Waals surface area contributed by atoms with Crippen molar-refractivity contribution in [1.82, 2.24) is 5.32 Å². The number of carbonyl (C=O) groups is 2. The maximum atomic E-state index is 12.4. The summed E-state index contributed by atoms with van der Waals surface area (Å²) in [7, 11) is 0. The number of carbonyl (C=O) groups excluding carboxylic acids is 2. The van der Waals surface area contributed by atoms with Crippen molar-refractivity contribution in [3.8, 4) is 11.3 Å². The Hall–Kier alpha value is -2.24. The Kier molecular flexibility index (Phi) is 3.90. The van der Waals surface area contributed by atoms with Gasteiger partial charge in [-0.05, 0) is 44.2 Å². The van der Waals surface area contributed by atoms with Crippen molar-refractivity contribution in [2.45, 2.75) is 31.8 Å². The summed E-state index contributed by atoms with van der Waals surface area (Å²) in [6.45, 7) is 3.49. The summed E-state index contributed by atoms with van der Waals surface area (Å²) in [5, 5.41) is 3.80. The fourth-order valence-electron chi connectivity index (χ4n) is 3.39. The van der Waals surface area contributed by atoms with Crippen LogP contribution in [0.5, 0.6) is 0 Å². The molecule has 0 unspecified atom stereocenters. The fraction of sp³-hybridized carbons (Fsp3) is 0.263. The van der Waals surface area contributed by atoms with Crippen LogP contribution in [0, 0.1) is 0 Å². The van der Waals surface area contributed by atoms with Gasteiger partial charge in [-0.25, -0.2) is 4.79 Å². The van der Waals surface area contributed by atoms with Crippen LogP contribution in [0.3, 0.4) is 0 Å². The van der Waals surface area contributed by atoms with Gasteiger partial charge in [-0.2, -0.15) is 0 Å². The predicted molar refractivity (Wildman–Crippen MR) is 96.9 cm³/mol. The highest BCUT2D eigenvalue weighted by molar-refractivity contribution is 6.35. The van der Waals surface area contributed by atoms with Crippen molar-refractivity contribution >= 4 is 35.1 Å². The van der Waals surface area contributed by atoms with E-state index < -0.39 is 17.5 Å². The summed E-state index contributed by atoms with van der Waals surface area (Å²) in [6.07, 6.45) is 0.111. The molecule has 2 aliphatic heterocycles. The molecular weight excluding hydrogens is 377 g/mol. The van der Waals surface area contributed by atoms with Crippen LogP contribution in [-0.4, -0.2) is 17.5 Å². The zero-order chi connectivity index (χ0) is 18.6. The lowest BCUT2D eigenvalue weighted by Crippen LogP contribution is -2.38. The zero-order valence-corrected chi connectivity index (χ0v) is 15.6. The molecule has 0 fully saturated rings. The Balaban J connectivity index is 1.78. The van der Waals surface area contributed by atoms with Gasteiger partial charge in [-0.1, -0.05) is 23.2 Å². The summed E-state index contributed by atoms with van der Waals surface area (Å²) in [5.74, 6) is -0.0911. The van der Waals surface area contributed by atoms with Gasteiger partial charge in [0.05, 0.1) is 22.2 Å². The van der Waals surface area contributed by atoms with E-state index in [9.17, 15) is 9.59 Å². The first-order valence-electron chi connectivity index (χ1n) is 8.09. The molecule has 0 saturated heterocycles. The molecule has 7 heteroatoms. The molecule has 1 aromatic carbocycles. The summed E-state index contributed by atoms with van der Waals surface area (Å²) < 4.78 is 11.4. The van der Waals surface area contributed by atoms with Gasteiger partial charge in [0.15, 0.2) is 0 Å². The van der Waals surface area contributed by atoms with E-state index in [-0.39, 0.29) is 12.3 Å². The fourth-order valence-corrected chi connectivity index (χ4v) is 3.77. The van der Waals surface area contributed by atoms with E-state index in [0.717, 1.165) is 0 Å². The summed E-state index contributed by atoms with van der Waals surface area (Å²) in [4.78, 5) is 24.5. The third kappa shape index (κ3) is 2.72. The molecule has 4 rings (SSSR count). The van der Waals surface area contributed by atoms with Crippen LogP contribution in [-0.2, 0) is 14.3 Å². The van der Waals surface area contributed by atoms with Crippen LogP contribution in [0.15, 0.2) is 46.0 Å². The van der Waals surface area contributed by atoms with Gasteiger partial charge in [0, 0.05) is 17.0 Å². The highest BCUT2D eigenvalue weighted by Gasteiger charge is 2.48. The Morgan fingerprint density at radius 3 is 2.69 bits per heavy atom. The number of rotatable bonds is 2. The van der Waals surface area contributed by atoms with E-state index in [1.165, 1.54) is 0 Å². The van der Waals surface area contributed by atoms with E-state index in [1.54, 1.807) is 44.2 Å². The number of furan rings is 1. The molecule has 26 heavy (non-hydrogen) atoms. The second-order valence-corrected chi connectivity index (χ2v) is 7.66. The molecule has 0 saturated carbocycles. The molecule has 1 amide bonds. The minimum atomic E-state index is -0.869. The van der Waals surface area contributed by atoms with Crippen molar-refractivity contribution in [3.63, 3.8) is 0 Å². The summed E-state index contributed by atoms with van der Waals surface area (Å²) in [6, 6.07) is 8.59. The lowest BCUT2D eigenvalue weighted by Gasteiger charge is -2.26. The van der Waals surface area contributed by atoms with Crippen molar-refractivity contribution in [1.29, 1.82) is 0 Å². The molecule has 0 bridgehead atoms. The van der Waals surface area contributed by atoms with E-state index in [0.29, 0.717) is 38.4 Å². The van der Waals surface area contributed by atoms with Gasteiger partial charge >= 0.3 is 5.97 Å². The smallest absolute Gasteiger partial charge is 0.337 e. The summed E-state index contributed by atoms with van der Waals surface area (Å²) in [5.41, 5.74) is 0.719. The van der Waals surface area contributed by atoms with Gasteiger partial charge in [-0.3, -0.25) is 4.79 Å². The number of halogens is 2. The quantitative estimate of drug-likeness (QED) is 0.767. The normalized spacial score (nSPS) is 21.5. The minimum absolute atomic E-state index is 0.111. The molecule has 3 heterocycles. The Bertz CT molecular complexity index is 974. The van der Waals surface area contributed by atoms with E-state index >= 15 is 0 Å². The van der Waals surface area contributed by atoms with Crippen molar-refractivity contribution < 1.29 is 18.7 Å². The molecular formula is C19H15Cl2NO4. The molecule has 5 nitrogen and oxygen atoms in total. The van der Waals surface area contributed by atoms with Crippen LogP contribution < -0.4 is 5.32 Å². The first-order valence-corrected chi connectivity index (χ1v) is 8.85. The molecule has 2 aliphatic rings. The number of hydrogen-bond donors (Lipinski definition) is 1. The van der Waals surface area contributed by atoms with Crippen LogP contribution >= 0.6 is 23.2 Å². The van der Waals surface area contributed by atoms with E-state index in [4.69, 9.17) is 32.4 Å². The predicted octanol–water partition coefficient (Wildman–Crippen LogP) is 4.45. The van der Waals surface area contributed by atoms with Gasteiger partial charge in [0.25, 0.3) is 0 Å². The van der Waals surface area contributed by atoms with Gasteiger partial charge < -0.3 is 14.5 Å². The molecule has 2 aromatic rings. The Morgan fingerprint density at radius 2 is 1.92 bits per heavy atom.